The number of nitrogens with two attached hydrogens (primary N) is 1. The number of rotatable bonds is 2. The average molecular weight is 260 g/mol. The van der Waals surface area contributed by atoms with Gasteiger partial charge in [0.05, 0.1) is 22.6 Å². The summed E-state index contributed by atoms with van der Waals surface area (Å²) in [5, 5.41) is 0. The number of hydrogen-bond donors (Lipinski definition) is 1. The highest BCUT2D eigenvalue weighted by Gasteiger charge is 2.51. The van der Waals surface area contributed by atoms with E-state index in [1.165, 1.54) is 12.8 Å². The van der Waals surface area contributed by atoms with Gasteiger partial charge in [-0.1, -0.05) is 0 Å². The van der Waals surface area contributed by atoms with Crippen molar-refractivity contribution in [2.75, 3.05) is 5.73 Å². The van der Waals surface area contributed by atoms with Crippen molar-refractivity contribution in [1.82, 2.24) is 4.98 Å². The fraction of sp³-hybridized carbons (Fsp3) is 0.643. The van der Waals surface area contributed by atoms with E-state index < -0.39 is 0 Å². The molecule has 0 unspecified atom stereocenters. The number of pyridine rings is 1. The molecule has 1 saturated heterocycles. The van der Waals surface area contributed by atoms with Gasteiger partial charge in [-0.3, -0.25) is 4.98 Å². The maximum atomic E-state index is 6.09. The zero-order chi connectivity index (χ0) is 13.8. The minimum atomic E-state index is -0.381. The largest absolute Gasteiger partial charge is 0.496 e. The lowest BCUT2D eigenvalue weighted by Crippen LogP contribution is -2.41. The second-order valence-corrected chi connectivity index (χ2v) is 6.61. The smallest absolute Gasteiger partial charge is 0.399 e. The lowest BCUT2D eigenvalue weighted by atomic mass is 9.80. The van der Waals surface area contributed by atoms with Gasteiger partial charge in [-0.05, 0) is 46.6 Å². The fourth-order valence-electron chi connectivity index (χ4n) is 2.32. The molecule has 2 heterocycles. The normalized spacial score (nSPS) is 24.7. The number of nitrogens with zero attached hydrogens (tertiary/aromatic N) is 1. The molecule has 0 aromatic carbocycles. The molecule has 1 aromatic heterocycles. The first-order valence-corrected chi connectivity index (χ1v) is 6.91. The van der Waals surface area contributed by atoms with Gasteiger partial charge in [0.2, 0.25) is 0 Å². The summed E-state index contributed by atoms with van der Waals surface area (Å²) < 4.78 is 12.0. The van der Waals surface area contributed by atoms with Gasteiger partial charge in [-0.25, -0.2) is 0 Å². The van der Waals surface area contributed by atoms with E-state index in [1.54, 1.807) is 0 Å². The van der Waals surface area contributed by atoms with Crippen LogP contribution in [0.4, 0.5) is 5.69 Å². The molecule has 0 atom stereocenters. The molecule has 0 bridgehead atoms. The van der Waals surface area contributed by atoms with Crippen LogP contribution in [0.5, 0.6) is 0 Å². The minimum Gasteiger partial charge on any atom is -0.399 e. The molecule has 4 nitrogen and oxygen atoms in total. The molecule has 1 aliphatic carbocycles. The third-order valence-electron chi connectivity index (χ3n) is 4.46. The van der Waals surface area contributed by atoms with Crippen LogP contribution in [0.1, 0.15) is 52.1 Å². The summed E-state index contributed by atoms with van der Waals surface area (Å²) >= 11 is 0. The highest BCUT2D eigenvalue weighted by molar-refractivity contribution is 6.62. The maximum Gasteiger partial charge on any atom is 0.496 e. The van der Waals surface area contributed by atoms with Gasteiger partial charge in [0.25, 0.3) is 0 Å². The van der Waals surface area contributed by atoms with Crippen molar-refractivity contribution in [2.24, 2.45) is 0 Å². The summed E-state index contributed by atoms with van der Waals surface area (Å²) in [7, 11) is -0.381. The number of nitrogen functional groups attached to an aromatic ring is 1. The average Bonchev–Trinajstić information content (AvgIpc) is 3.07. The molecule has 19 heavy (non-hydrogen) atoms. The highest BCUT2D eigenvalue weighted by atomic mass is 16.7. The molecule has 2 N–H and O–H groups in total. The molecular formula is C14H21BN2O2. The molecule has 0 amide bonds. The van der Waals surface area contributed by atoms with Crippen molar-refractivity contribution in [3.05, 3.63) is 18.0 Å². The van der Waals surface area contributed by atoms with Crippen molar-refractivity contribution in [3.8, 4) is 0 Å². The Kier molecular flexibility index (Phi) is 2.70. The van der Waals surface area contributed by atoms with Crippen LogP contribution in [-0.2, 0) is 9.31 Å². The molecule has 1 saturated carbocycles. The lowest BCUT2D eigenvalue weighted by Gasteiger charge is -2.32. The Labute approximate surface area is 114 Å². The predicted octanol–water partition coefficient (Wildman–Crippen LogP) is 1.84. The third-order valence-corrected chi connectivity index (χ3v) is 4.46. The second-order valence-electron chi connectivity index (χ2n) is 6.61. The quantitative estimate of drug-likeness (QED) is 0.824. The summed E-state index contributed by atoms with van der Waals surface area (Å²) in [5.41, 5.74) is 8.12. The van der Waals surface area contributed by atoms with Crippen LogP contribution >= 0.6 is 0 Å². The molecule has 1 aromatic rings. The zero-order valence-corrected chi connectivity index (χ0v) is 12.1. The van der Waals surface area contributed by atoms with Gasteiger partial charge in [0, 0.05) is 17.6 Å². The Morgan fingerprint density at radius 1 is 1.21 bits per heavy atom. The second kappa shape index (κ2) is 3.96. The zero-order valence-electron chi connectivity index (χ0n) is 12.1. The molecule has 102 valence electrons. The maximum absolute atomic E-state index is 6.09. The third kappa shape index (κ3) is 2.15. The summed E-state index contributed by atoms with van der Waals surface area (Å²) in [4.78, 5) is 4.50. The van der Waals surface area contributed by atoms with Crippen LogP contribution in [0.3, 0.4) is 0 Å². The van der Waals surface area contributed by atoms with Gasteiger partial charge in [-0.2, -0.15) is 0 Å². The van der Waals surface area contributed by atoms with Gasteiger partial charge in [-0.15, -0.1) is 0 Å². The van der Waals surface area contributed by atoms with Crippen molar-refractivity contribution in [3.63, 3.8) is 0 Å². The van der Waals surface area contributed by atoms with E-state index in [1.807, 2.05) is 40.0 Å². The van der Waals surface area contributed by atoms with E-state index in [0.717, 1.165) is 16.8 Å². The SMILES string of the molecule is CC1(C)OB(c2cnc(C3CC3)c(N)c2)OC1(C)C. The molecule has 1 aliphatic heterocycles. The highest BCUT2D eigenvalue weighted by Crippen LogP contribution is 2.41. The van der Waals surface area contributed by atoms with E-state index in [0.29, 0.717) is 5.92 Å². The summed E-state index contributed by atoms with van der Waals surface area (Å²) in [6.07, 6.45) is 4.24. The summed E-state index contributed by atoms with van der Waals surface area (Å²) in [6, 6.07) is 1.95. The first-order valence-electron chi connectivity index (χ1n) is 6.91. The Bertz CT molecular complexity index is 496. The van der Waals surface area contributed by atoms with Gasteiger partial charge < -0.3 is 15.0 Å². The summed E-state index contributed by atoms with van der Waals surface area (Å²) in [6.45, 7) is 8.18. The summed E-state index contributed by atoms with van der Waals surface area (Å²) in [5.74, 6) is 0.562. The van der Waals surface area contributed by atoms with Crippen LogP contribution in [-0.4, -0.2) is 23.3 Å². The molecule has 2 aliphatic rings. The van der Waals surface area contributed by atoms with Gasteiger partial charge in [0.1, 0.15) is 0 Å². The predicted molar refractivity (Wildman–Crippen MR) is 76.3 cm³/mol. The van der Waals surface area contributed by atoms with E-state index >= 15 is 0 Å². The van der Waals surface area contributed by atoms with Crippen LogP contribution in [0, 0.1) is 0 Å². The number of hydrogen-bond acceptors (Lipinski definition) is 4. The van der Waals surface area contributed by atoms with Crippen LogP contribution in [0.2, 0.25) is 0 Å². The topological polar surface area (TPSA) is 57.4 Å². The van der Waals surface area contributed by atoms with Crippen molar-refractivity contribution in [2.45, 2.75) is 57.7 Å². The van der Waals surface area contributed by atoms with E-state index in [9.17, 15) is 0 Å². The lowest BCUT2D eigenvalue weighted by molar-refractivity contribution is 0.00578. The Morgan fingerprint density at radius 3 is 2.26 bits per heavy atom. The van der Waals surface area contributed by atoms with Crippen LogP contribution in [0.25, 0.3) is 0 Å². The van der Waals surface area contributed by atoms with Crippen molar-refractivity contribution >= 4 is 18.3 Å². The monoisotopic (exact) mass is 260 g/mol. The molecular weight excluding hydrogens is 239 g/mol. The first kappa shape index (κ1) is 12.9. The number of aromatic nitrogens is 1. The van der Waals surface area contributed by atoms with Crippen LogP contribution in [0.15, 0.2) is 12.3 Å². The molecule has 0 radical (unpaired) electrons. The molecule has 2 fully saturated rings. The van der Waals surface area contributed by atoms with Gasteiger partial charge in [0.15, 0.2) is 0 Å². The fourth-order valence-corrected chi connectivity index (χ4v) is 2.32. The van der Waals surface area contributed by atoms with E-state index in [4.69, 9.17) is 15.0 Å². The molecule has 0 spiro atoms. The van der Waals surface area contributed by atoms with Crippen LogP contribution < -0.4 is 11.2 Å². The molecule has 5 heteroatoms. The van der Waals surface area contributed by atoms with Gasteiger partial charge >= 0.3 is 7.12 Å². The van der Waals surface area contributed by atoms with E-state index in [2.05, 4.69) is 4.98 Å². The minimum absolute atomic E-state index is 0.332. The van der Waals surface area contributed by atoms with Crippen molar-refractivity contribution in [1.29, 1.82) is 0 Å². The first-order chi connectivity index (χ1) is 8.80. The Hall–Kier alpha value is -1.07. The van der Waals surface area contributed by atoms with E-state index in [-0.39, 0.29) is 18.3 Å². The van der Waals surface area contributed by atoms with Crippen molar-refractivity contribution < 1.29 is 9.31 Å². The standard InChI is InChI=1S/C14H21BN2O2/c1-13(2)14(3,4)19-15(18-13)10-7-11(16)12(17-8-10)9-5-6-9/h7-9H,5-6,16H2,1-4H3. The molecule has 3 rings (SSSR count). The Balaban J connectivity index is 1.86. The Morgan fingerprint density at radius 2 is 1.79 bits per heavy atom. The number of anilines is 1.